The fraction of sp³-hybridized carbons (Fsp3) is 0.562. The molecular weight excluding hydrogens is 236 g/mol. The molecule has 1 heterocycles. The quantitative estimate of drug-likeness (QED) is 0.873. The van der Waals surface area contributed by atoms with Crippen molar-refractivity contribution in [3.05, 3.63) is 35.9 Å². The summed E-state index contributed by atoms with van der Waals surface area (Å²) in [6.07, 6.45) is 2.79. The van der Waals surface area contributed by atoms with E-state index in [4.69, 9.17) is 0 Å². The highest BCUT2D eigenvalue weighted by Crippen LogP contribution is 2.18. The molecule has 0 aliphatic carbocycles. The van der Waals surface area contributed by atoms with Gasteiger partial charge in [0.1, 0.15) is 0 Å². The number of carbonyl (C=O) groups excluding carboxylic acids is 1. The minimum atomic E-state index is 0.164. The van der Waals surface area contributed by atoms with Crippen LogP contribution in [0.15, 0.2) is 30.3 Å². The molecule has 0 saturated carbocycles. The van der Waals surface area contributed by atoms with E-state index >= 15 is 0 Å². The van der Waals surface area contributed by atoms with E-state index in [1.807, 2.05) is 18.2 Å². The molecule has 19 heavy (non-hydrogen) atoms. The lowest BCUT2D eigenvalue weighted by Crippen LogP contribution is -2.52. The fourth-order valence-electron chi connectivity index (χ4n) is 2.68. The number of amides is 1. The Morgan fingerprint density at radius 2 is 2.16 bits per heavy atom. The lowest BCUT2D eigenvalue weighted by molar-refractivity contribution is -0.122. The molecule has 3 nitrogen and oxygen atoms in total. The first-order chi connectivity index (χ1) is 9.16. The Morgan fingerprint density at radius 1 is 1.42 bits per heavy atom. The van der Waals surface area contributed by atoms with Crippen LogP contribution in [0.25, 0.3) is 0 Å². The summed E-state index contributed by atoms with van der Waals surface area (Å²) >= 11 is 0. The van der Waals surface area contributed by atoms with Gasteiger partial charge in [-0.1, -0.05) is 37.3 Å². The molecule has 1 fully saturated rings. The van der Waals surface area contributed by atoms with E-state index in [2.05, 4.69) is 36.6 Å². The van der Waals surface area contributed by atoms with Gasteiger partial charge in [0.15, 0.2) is 0 Å². The van der Waals surface area contributed by atoms with Crippen LogP contribution in [0.5, 0.6) is 0 Å². The highest BCUT2D eigenvalue weighted by molar-refractivity contribution is 5.77. The average Bonchev–Trinajstić information content (AvgIpc) is 2.42. The fourth-order valence-corrected chi connectivity index (χ4v) is 2.68. The van der Waals surface area contributed by atoms with E-state index in [9.17, 15) is 4.79 Å². The topological polar surface area (TPSA) is 41.1 Å². The van der Waals surface area contributed by atoms with Crippen LogP contribution in [0.3, 0.4) is 0 Å². The summed E-state index contributed by atoms with van der Waals surface area (Å²) in [6.45, 7) is 5.32. The van der Waals surface area contributed by atoms with Crippen molar-refractivity contribution >= 4 is 5.91 Å². The lowest BCUT2D eigenvalue weighted by Gasteiger charge is -2.31. The molecule has 104 valence electrons. The highest BCUT2D eigenvalue weighted by atomic mass is 16.1. The summed E-state index contributed by atoms with van der Waals surface area (Å²) in [5, 5.41) is 6.58. The van der Waals surface area contributed by atoms with Crippen LogP contribution < -0.4 is 10.6 Å². The van der Waals surface area contributed by atoms with Gasteiger partial charge in [-0.05, 0) is 37.8 Å². The third-order valence-corrected chi connectivity index (χ3v) is 3.97. The third-order valence-electron chi connectivity index (χ3n) is 3.97. The molecular formula is C16H24N2O. The Balaban J connectivity index is 1.84. The second-order valence-electron chi connectivity index (χ2n) is 5.57. The van der Waals surface area contributed by atoms with Crippen molar-refractivity contribution in [1.82, 2.24) is 10.6 Å². The summed E-state index contributed by atoms with van der Waals surface area (Å²) in [5.74, 6) is 0.435. The summed E-state index contributed by atoms with van der Waals surface area (Å²) in [4.78, 5) is 12.1. The predicted molar refractivity (Wildman–Crippen MR) is 78.1 cm³/mol. The molecule has 2 N–H and O–H groups in total. The van der Waals surface area contributed by atoms with E-state index in [1.165, 1.54) is 5.56 Å². The Hall–Kier alpha value is -1.35. The molecule has 1 amide bonds. The van der Waals surface area contributed by atoms with E-state index < -0.39 is 0 Å². The number of benzene rings is 1. The normalized spacial score (nSPS) is 24.7. The number of nitrogens with one attached hydrogen (secondary N) is 2. The predicted octanol–water partition coefficient (Wildman–Crippen LogP) is 2.44. The Bertz CT molecular complexity index is 404. The van der Waals surface area contributed by atoms with Crippen LogP contribution in [0, 0.1) is 0 Å². The zero-order valence-corrected chi connectivity index (χ0v) is 11.9. The SMILES string of the molecule is CC(CC(=O)NC1CCCNC1C)c1ccccc1. The third kappa shape index (κ3) is 4.06. The molecule has 0 aromatic heterocycles. The van der Waals surface area contributed by atoms with Crippen molar-refractivity contribution in [2.75, 3.05) is 6.54 Å². The number of hydrogen-bond acceptors (Lipinski definition) is 2. The minimum Gasteiger partial charge on any atom is -0.352 e. The first-order valence-electron chi connectivity index (χ1n) is 7.24. The van der Waals surface area contributed by atoms with Crippen molar-refractivity contribution in [1.29, 1.82) is 0 Å². The van der Waals surface area contributed by atoms with Crippen molar-refractivity contribution in [3.63, 3.8) is 0 Å². The molecule has 0 spiro atoms. The number of rotatable bonds is 4. The van der Waals surface area contributed by atoms with Crippen molar-refractivity contribution in [2.45, 2.75) is 51.1 Å². The molecule has 2 rings (SSSR count). The first kappa shape index (κ1) is 14.1. The van der Waals surface area contributed by atoms with Crippen LogP contribution in [0.2, 0.25) is 0 Å². The summed E-state index contributed by atoms with van der Waals surface area (Å²) in [5.41, 5.74) is 1.23. The van der Waals surface area contributed by atoms with Gasteiger partial charge in [-0.25, -0.2) is 0 Å². The van der Waals surface area contributed by atoms with Crippen LogP contribution in [-0.4, -0.2) is 24.5 Å². The van der Waals surface area contributed by atoms with Crippen LogP contribution in [0.1, 0.15) is 44.6 Å². The smallest absolute Gasteiger partial charge is 0.220 e. The van der Waals surface area contributed by atoms with Crippen molar-refractivity contribution < 1.29 is 4.79 Å². The second kappa shape index (κ2) is 6.71. The standard InChI is InChI=1S/C16H24N2O/c1-12(14-7-4-3-5-8-14)11-16(19)18-15-9-6-10-17-13(15)2/h3-5,7-8,12-13,15,17H,6,9-11H2,1-2H3,(H,18,19). The summed E-state index contributed by atoms with van der Waals surface area (Å²) in [6, 6.07) is 10.9. The summed E-state index contributed by atoms with van der Waals surface area (Å²) in [7, 11) is 0. The Kier molecular flexibility index (Phi) is 4.97. The first-order valence-corrected chi connectivity index (χ1v) is 7.24. The lowest BCUT2D eigenvalue weighted by atomic mass is 9.96. The molecule has 1 aliphatic heterocycles. The Labute approximate surface area is 115 Å². The second-order valence-corrected chi connectivity index (χ2v) is 5.57. The minimum absolute atomic E-state index is 0.164. The van der Waals surface area contributed by atoms with Gasteiger partial charge in [-0.2, -0.15) is 0 Å². The molecule has 3 atom stereocenters. The molecule has 3 heteroatoms. The van der Waals surface area contributed by atoms with E-state index in [1.54, 1.807) is 0 Å². The average molecular weight is 260 g/mol. The van der Waals surface area contributed by atoms with E-state index in [0.717, 1.165) is 19.4 Å². The van der Waals surface area contributed by atoms with Crippen LogP contribution >= 0.6 is 0 Å². The van der Waals surface area contributed by atoms with Gasteiger partial charge in [0, 0.05) is 18.5 Å². The molecule has 0 bridgehead atoms. The molecule has 1 aromatic carbocycles. The maximum absolute atomic E-state index is 12.1. The molecule has 0 radical (unpaired) electrons. The van der Waals surface area contributed by atoms with Crippen LogP contribution in [0.4, 0.5) is 0 Å². The number of piperidine rings is 1. The van der Waals surface area contributed by atoms with E-state index in [0.29, 0.717) is 12.5 Å². The van der Waals surface area contributed by atoms with Gasteiger partial charge in [-0.3, -0.25) is 4.79 Å². The largest absolute Gasteiger partial charge is 0.352 e. The van der Waals surface area contributed by atoms with Gasteiger partial charge in [0.05, 0.1) is 0 Å². The summed E-state index contributed by atoms with van der Waals surface area (Å²) < 4.78 is 0. The number of hydrogen-bond donors (Lipinski definition) is 2. The Morgan fingerprint density at radius 3 is 2.84 bits per heavy atom. The van der Waals surface area contributed by atoms with Gasteiger partial charge < -0.3 is 10.6 Å². The number of carbonyl (C=O) groups is 1. The van der Waals surface area contributed by atoms with Gasteiger partial charge in [0.25, 0.3) is 0 Å². The van der Waals surface area contributed by atoms with Crippen molar-refractivity contribution in [2.24, 2.45) is 0 Å². The maximum Gasteiger partial charge on any atom is 0.220 e. The zero-order valence-electron chi connectivity index (χ0n) is 11.9. The van der Waals surface area contributed by atoms with Gasteiger partial charge in [0.2, 0.25) is 5.91 Å². The van der Waals surface area contributed by atoms with Crippen molar-refractivity contribution in [3.8, 4) is 0 Å². The van der Waals surface area contributed by atoms with Crippen LogP contribution in [-0.2, 0) is 4.79 Å². The highest BCUT2D eigenvalue weighted by Gasteiger charge is 2.23. The zero-order chi connectivity index (χ0) is 13.7. The molecule has 1 aromatic rings. The molecule has 1 saturated heterocycles. The monoisotopic (exact) mass is 260 g/mol. The van der Waals surface area contributed by atoms with E-state index in [-0.39, 0.29) is 17.9 Å². The maximum atomic E-state index is 12.1. The van der Waals surface area contributed by atoms with Gasteiger partial charge in [-0.15, -0.1) is 0 Å². The van der Waals surface area contributed by atoms with Gasteiger partial charge >= 0.3 is 0 Å². The molecule has 3 unspecified atom stereocenters. The molecule has 1 aliphatic rings.